The summed E-state index contributed by atoms with van der Waals surface area (Å²) in [5.41, 5.74) is -1.50. The molecule has 2 rings (SSSR count). The number of phenols is 2. The average molecular weight is 337 g/mol. The molecule has 0 aromatic heterocycles. The van der Waals surface area contributed by atoms with E-state index in [9.17, 15) is 24.6 Å². The minimum Gasteiger partial charge on any atom is -0.507 e. The first-order valence-corrected chi connectivity index (χ1v) is 6.47. The molecule has 0 amide bonds. The molecule has 2 aromatic carbocycles. The summed E-state index contributed by atoms with van der Waals surface area (Å²) in [5, 5.41) is 37.0. The maximum absolute atomic E-state index is 12.5. The number of hydrogen-bond donors (Lipinski definition) is 4. The third kappa shape index (κ3) is 3.09. The number of benzene rings is 2. The van der Waals surface area contributed by atoms with E-state index in [4.69, 9.17) is 21.8 Å². The summed E-state index contributed by atoms with van der Waals surface area (Å²) in [6.45, 7) is 0. The maximum Gasteiger partial charge on any atom is 0.336 e. The van der Waals surface area contributed by atoms with Crippen molar-refractivity contribution in [1.82, 2.24) is 0 Å². The average Bonchev–Trinajstić information content (AvgIpc) is 2.49. The van der Waals surface area contributed by atoms with Gasteiger partial charge in [0.2, 0.25) is 0 Å². The Labute approximate surface area is 134 Å². The highest BCUT2D eigenvalue weighted by molar-refractivity contribution is 6.32. The summed E-state index contributed by atoms with van der Waals surface area (Å²) in [6.07, 6.45) is 0. The van der Waals surface area contributed by atoms with Crippen molar-refractivity contribution in [2.24, 2.45) is 0 Å². The smallest absolute Gasteiger partial charge is 0.336 e. The summed E-state index contributed by atoms with van der Waals surface area (Å²) in [6, 6.07) is 4.73. The SMILES string of the molecule is O=C(O)c1ccc(C(=O)O)c(C(=O)c2cc(Cl)c(O)cc2O)c1. The second-order valence-corrected chi connectivity index (χ2v) is 4.93. The van der Waals surface area contributed by atoms with Crippen LogP contribution in [0.2, 0.25) is 5.02 Å². The van der Waals surface area contributed by atoms with Crippen LogP contribution in [-0.4, -0.2) is 38.1 Å². The van der Waals surface area contributed by atoms with Gasteiger partial charge in [0.1, 0.15) is 11.5 Å². The highest BCUT2D eigenvalue weighted by Gasteiger charge is 2.23. The molecule has 0 unspecified atom stereocenters. The van der Waals surface area contributed by atoms with Crippen molar-refractivity contribution in [3.8, 4) is 11.5 Å². The molecule has 8 heteroatoms. The molecule has 0 spiro atoms. The fourth-order valence-corrected chi connectivity index (χ4v) is 2.09. The second-order valence-electron chi connectivity index (χ2n) is 4.52. The Balaban J connectivity index is 2.67. The van der Waals surface area contributed by atoms with Gasteiger partial charge in [-0.2, -0.15) is 0 Å². The van der Waals surface area contributed by atoms with Gasteiger partial charge in [0.05, 0.1) is 21.7 Å². The number of halogens is 1. The van der Waals surface area contributed by atoms with Crippen molar-refractivity contribution in [2.45, 2.75) is 0 Å². The number of aromatic hydroxyl groups is 2. The number of phenolic OH excluding ortho intramolecular Hbond substituents is 2. The molecule has 0 saturated carbocycles. The van der Waals surface area contributed by atoms with E-state index >= 15 is 0 Å². The normalized spacial score (nSPS) is 10.3. The van der Waals surface area contributed by atoms with E-state index in [0.29, 0.717) is 0 Å². The van der Waals surface area contributed by atoms with Crippen LogP contribution in [0.15, 0.2) is 30.3 Å². The molecule has 0 aliphatic heterocycles. The molecule has 0 bridgehead atoms. The van der Waals surface area contributed by atoms with Gasteiger partial charge >= 0.3 is 11.9 Å². The zero-order chi connectivity index (χ0) is 17.3. The van der Waals surface area contributed by atoms with Crippen LogP contribution in [0.4, 0.5) is 0 Å². The quantitative estimate of drug-likeness (QED) is 0.630. The Morgan fingerprint density at radius 2 is 1.43 bits per heavy atom. The Kier molecular flexibility index (Phi) is 4.24. The Morgan fingerprint density at radius 1 is 0.783 bits per heavy atom. The van der Waals surface area contributed by atoms with E-state index in [1.807, 2.05) is 0 Å². The molecule has 23 heavy (non-hydrogen) atoms. The number of hydrogen-bond acceptors (Lipinski definition) is 5. The second kappa shape index (κ2) is 5.98. The summed E-state index contributed by atoms with van der Waals surface area (Å²) in [7, 11) is 0. The lowest BCUT2D eigenvalue weighted by molar-refractivity contribution is 0.0679. The van der Waals surface area contributed by atoms with Crippen molar-refractivity contribution in [3.63, 3.8) is 0 Å². The van der Waals surface area contributed by atoms with Gasteiger partial charge in [-0.25, -0.2) is 9.59 Å². The number of rotatable bonds is 4. The molecule has 0 fully saturated rings. The van der Waals surface area contributed by atoms with E-state index in [1.165, 1.54) is 0 Å². The molecule has 4 N–H and O–H groups in total. The van der Waals surface area contributed by atoms with Gasteiger partial charge in [0.25, 0.3) is 0 Å². The van der Waals surface area contributed by atoms with Gasteiger partial charge in [-0.1, -0.05) is 11.6 Å². The Morgan fingerprint density at radius 3 is 2.00 bits per heavy atom. The van der Waals surface area contributed by atoms with Crippen LogP contribution in [0.5, 0.6) is 11.5 Å². The molecule has 0 saturated heterocycles. The summed E-state index contributed by atoms with van der Waals surface area (Å²) < 4.78 is 0. The molecule has 0 heterocycles. The van der Waals surface area contributed by atoms with Gasteiger partial charge in [-0.15, -0.1) is 0 Å². The van der Waals surface area contributed by atoms with Crippen LogP contribution in [0.25, 0.3) is 0 Å². The van der Waals surface area contributed by atoms with Gasteiger partial charge in [-0.05, 0) is 24.3 Å². The van der Waals surface area contributed by atoms with Crippen LogP contribution in [0.1, 0.15) is 36.6 Å². The first-order chi connectivity index (χ1) is 10.7. The molecule has 0 atom stereocenters. The van der Waals surface area contributed by atoms with Crippen LogP contribution in [0.3, 0.4) is 0 Å². The first-order valence-electron chi connectivity index (χ1n) is 6.09. The summed E-state index contributed by atoms with van der Waals surface area (Å²) >= 11 is 5.68. The molecule has 0 radical (unpaired) electrons. The van der Waals surface area contributed by atoms with Crippen molar-refractivity contribution >= 4 is 29.3 Å². The number of carboxylic acid groups (broad SMARTS) is 2. The van der Waals surface area contributed by atoms with E-state index in [0.717, 1.165) is 30.3 Å². The van der Waals surface area contributed by atoms with Crippen LogP contribution in [0, 0.1) is 0 Å². The van der Waals surface area contributed by atoms with Crippen LogP contribution < -0.4 is 0 Å². The lowest BCUT2D eigenvalue weighted by Gasteiger charge is -2.09. The van der Waals surface area contributed by atoms with E-state index in [-0.39, 0.29) is 16.1 Å². The Hall–Kier alpha value is -3.06. The third-order valence-electron chi connectivity index (χ3n) is 3.05. The maximum atomic E-state index is 12.5. The molecule has 0 aliphatic carbocycles. The molecule has 118 valence electrons. The van der Waals surface area contributed by atoms with Gasteiger partial charge in [0, 0.05) is 11.6 Å². The molecule has 7 nitrogen and oxygen atoms in total. The summed E-state index contributed by atoms with van der Waals surface area (Å²) in [4.78, 5) is 34.7. The topological polar surface area (TPSA) is 132 Å². The van der Waals surface area contributed by atoms with Crippen molar-refractivity contribution in [3.05, 3.63) is 57.6 Å². The fraction of sp³-hybridized carbons (Fsp3) is 0. The minimum atomic E-state index is -1.44. The highest BCUT2D eigenvalue weighted by Crippen LogP contribution is 2.32. The molecular weight excluding hydrogens is 328 g/mol. The molecule has 0 aliphatic rings. The number of aromatic carboxylic acids is 2. The minimum absolute atomic E-state index is 0.225. The van der Waals surface area contributed by atoms with Gasteiger partial charge in [-0.3, -0.25) is 4.79 Å². The number of carboxylic acids is 2. The first kappa shape index (κ1) is 16.3. The Bertz CT molecular complexity index is 842. The highest BCUT2D eigenvalue weighted by atomic mass is 35.5. The van der Waals surface area contributed by atoms with E-state index < -0.39 is 40.3 Å². The van der Waals surface area contributed by atoms with Crippen LogP contribution in [-0.2, 0) is 0 Å². The number of carbonyl (C=O) groups is 3. The lowest BCUT2D eigenvalue weighted by Crippen LogP contribution is -2.12. The summed E-state index contributed by atoms with van der Waals surface area (Å²) in [5.74, 6) is -4.80. The molecule has 2 aromatic rings. The fourth-order valence-electron chi connectivity index (χ4n) is 1.93. The zero-order valence-electron chi connectivity index (χ0n) is 11.3. The number of carbonyl (C=O) groups excluding carboxylic acids is 1. The van der Waals surface area contributed by atoms with E-state index in [2.05, 4.69) is 0 Å². The van der Waals surface area contributed by atoms with Crippen molar-refractivity contribution < 1.29 is 34.8 Å². The lowest BCUT2D eigenvalue weighted by atomic mass is 9.95. The predicted molar refractivity (Wildman–Crippen MR) is 78.6 cm³/mol. The van der Waals surface area contributed by atoms with Crippen LogP contribution >= 0.6 is 11.6 Å². The monoisotopic (exact) mass is 336 g/mol. The molecular formula is C15H9ClO7. The predicted octanol–water partition coefficient (Wildman–Crippen LogP) is 2.38. The number of ketones is 1. The van der Waals surface area contributed by atoms with Crippen molar-refractivity contribution in [1.29, 1.82) is 0 Å². The standard InChI is InChI=1S/C15H9ClO7/c16-10-4-9(11(17)5-12(10)18)13(19)8-3-6(14(20)21)1-2-7(8)15(22)23/h1-5,17-18H,(H,20,21)(H,22,23). The van der Waals surface area contributed by atoms with Crippen molar-refractivity contribution in [2.75, 3.05) is 0 Å². The van der Waals surface area contributed by atoms with Gasteiger partial charge in [0.15, 0.2) is 5.78 Å². The third-order valence-corrected chi connectivity index (χ3v) is 3.35. The largest absolute Gasteiger partial charge is 0.507 e. The van der Waals surface area contributed by atoms with E-state index in [1.54, 1.807) is 0 Å². The van der Waals surface area contributed by atoms with Gasteiger partial charge < -0.3 is 20.4 Å². The zero-order valence-corrected chi connectivity index (χ0v) is 12.0.